The summed E-state index contributed by atoms with van der Waals surface area (Å²) in [6.07, 6.45) is 2.05. The Balaban J connectivity index is 1.71. The second-order valence-electron chi connectivity index (χ2n) is 5.67. The summed E-state index contributed by atoms with van der Waals surface area (Å²) in [5, 5.41) is 11.8. The van der Waals surface area contributed by atoms with E-state index >= 15 is 0 Å². The Morgan fingerprint density at radius 3 is 2.63 bits per heavy atom. The summed E-state index contributed by atoms with van der Waals surface area (Å²) in [5.74, 6) is 0.593. The highest BCUT2D eigenvalue weighted by Crippen LogP contribution is 2.36. The van der Waals surface area contributed by atoms with Crippen molar-refractivity contribution < 1.29 is 14.7 Å². The Morgan fingerprint density at radius 1 is 1.26 bits per heavy atom. The SMILES string of the molecule is CC1CC1CNC(=O)N1CCCN(CC(=O)O)CC1. The molecule has 1 saturated carbocycles. The van der Waals surface area contributed by atoms with Crippen LogP contribution in [0.3, 0.4) is 0 Å². The van der Waals surface area contributed by atoms with Crippen LogP contribution in [0, 0.1) is 11.8 Å². The molecule has 0 aromatic carbocycles. The first kappa shape index (κ1) is 14.1. The van der Waals surface area contributed by atoms with Crippen molar-refractivity contribution in [1.29, 1.82) is 0 Å². The minimum Gasteiger partial charge on any atom is -0.480 e. The van der Waals surface area contributed by atoms with E-state index in [0.717, 1.165) is 25.4 Å². The molecular formula is C13H23N3O3. The molecule has 2 unspecified atom stereocenters. The third-order valence-corrected chi connectivity index (χ3v) is 4.03. The monoisotopic (exact) mass is 269 g/mol. The van der Waals surface area contributed by atoms with E-state index in [1.54, 1.807) is 4.90 Å². The fourth-order valence-corrected chi connectivity index (χ4v) is 2.54. The molecule has 2 amide bonds. The van der Waals surface area contributed by atoms with Crippen LogP contribution in [-0.4, -0.2) is 66.2 Å². The molecule has 2 aliphatic rings. The number of nitrogens with one attached hydrogen (secondary N) is 1. The molecule has 1 heterocycles. The molecule has 6 nitrogen and oxygen atoms in total. The third-order valence-electron chi connectivity index (χ3n) is 4.03. The van der Waals surface area contributed by atoms with E-state index in [9.17, 15) is 9.59 Å². The van der Waals surface area contributed by atoms with Gasteiger partial charge in [0.25, 0.3) is 0 Å². The van der Waals surface area contributed by atoms with Crippen LogP contribution in [0.2, 0.25) is 0 Å². The maximum atomic E-state index is 12.0. The molecule has 1 aliphatic heterocycles. The molecule has 0 aromatic rings. The van der Waals surface area contributed by atoms with Crippen molar-refractivity contribution in [3.63, 3.8) is 0 Å². The number of carbonyl (C=O) groups excluding carboxylic acids is 1. The van der Waals surface area contributed by atoms with Gasteiger partial charge >= 0.3 is 12.0 Å². The highest BCUT2D eigenvalue weighted by atomic mass is 16.4. The molecular weight excluding hydrogens is 246 g/mol. The van der Waals surface area contributed by atoms with Gasteiger partial charge in [-0.25, -0.2) is 4.79 Å². The molecule has 0 radical (unpaired) electrons. The molecule has 0 bridgehead atoms. The van der Waals surface area contributed by atoms with Crippen LogP contribution in [-0.2, 0) is 4.79 Å². The molecule has 2 atom stereocenters. The van der Waals surface area contributed by atoms with Crippen molar-refractivity contribution in [2.75, 3.05) is 39.3 Å². The fraction of sp³-hybridized carbons (Fsp3) is 0.846. The Morgan fingerprint density at radius 2 is 2.00 bits per heavy atom. The van der Waals surface area contributed by atoms with Crippen molar-refractivity contribution in [3.05, 3.63) is 0 Å². The molecule has 2 fully saturated rings. The average molecular weight is 269 g/mol. The number of nitrogens with zero attached hydrogens (tertiary/aromatic N) is 2. The van der Waals surface area contributed by atoms with Gasteiger partial charge in [0.1, 0.15) is 0 Å². The van der Waals surface area contributed by atoms with Crippen molar-refractivity contribution >= 4 is 12.0 Å². The van der Waals surface area contributed by atoms with Gasteiger partial charge in [0.05, 0.1) is 6.54 Å². The zero-order valence-corrected chi connectivity index (χ0v) is 11.5. The normalized spacial score (nSPS) is 27.7. The summed E-state index contributed by atoms with van der Waals surface area (Å²) in [6, 6.07) is -0.00345. The minimum absolute atomic E-state index is 0.00345. The second kappa shape index (κ2) is 6.23. The van der Waals surface area contributed by atoms with E-state index in [1.165, 1.54) is 6.42 Å². The predicted molar refractivity (Wildman–Crippen MR) is 70.9 cm³/mol. The zero-order valence-electron chi connectivity index (χ0n) is 11.5. The Hall–Kier alpha value is -1.30. The van der Waals surface area contributed by atoms with Crippen LogP contribution in [0.15, 0.2) is 0 Å². The van der Waals surface area contributed by atoms with Crippen molar-refractivity contribution in [1.82, 2.24) is 15.1 Å². The lowest BCUT2D eigenvalue weighted by atomic mass is 10.3. The third kappa shape index (κ3) is 4.38. The van der Waals surface area contributed by atoms with Crippen molar-refractivity contribution in [2.24, 2.45) is 11.8 Å². The van der Waals surface area contributed by atoms with Crippen LogP contribution in [0.4, 0.5) is 4.79 Å². The Kier molecular flexibility index (Phi) is 4.63. The van der Waals surface area contributed by atoms with Gasteiger partial charge in [-0.3, -0.25) is 9.69 Å². The van der Waals surface area contributed by atoms with Gasteiger partial charge < -0.3 is 15.3 Å². The topological polar surface area (TPSA) is 72.9 Å². The van der Waals surface area contributed by atoms with E-state index in [0.29, 0.717) is 25.6 Å². The number of hydrogen-bond donors (Lipinski definition) is 2. The lowest BCUT2D eigenvalue weighted by molar-refractivity contribution is -0.138. The minimum atomic E-state index is -0.805. The number of aliphatic carboxylic acids is 1. The van der Waals surface area contributed by atoms with Crippen molar-refractivity contribution in [2.45, 2.75) is 19.8 Å². The summed E-state index contributed by atoms with van der Waals surface area (Å²) in [7, 11) is 0. The standard InChI is InChI=1S/C13H23N3O3/c1-10-7-11(10)8-14-13(19)16-4-2-3-15(5-6-16)9-12(17)18/h10-11H,2-9H2,1H3,(H,14,19)(H,17,18). The van der Waals surface area contributed by atoms with E-state index < -0.39 is 5.97 Å². The maximum Gasteiger partial charge on any atom is 0.317 e. The van der Waals surface area contributed by atoms with E-state index in [-0.39, 0.29) is 12.6 Å². The van der Waals surface area contributed by atoms with E-state index in [1.807, 2.05) is 4.90 Å². The van der Waals surface area contributed by atoms with Gasteiger partial charge in [-0.2, -0.15) is 0 Å². The molecule has 2 N–H and O–H groups in total. The first-order valence-electron chi connectivity index (χ1n) is 7.03. The summed E-state index contributed by atoms with van der Waals surface area (Å²) in [5.41, 5.74) is 0. The van der Waals surface area contributed by atoms with Gasteiger partial charge in [0.15, 0.2) is 0 Å². The smallest absolute Gasteiger partial charge is 0.317 e. The summed E-state index contributed by atoms with van der Waals surface area (Å²) >= 11 is 0. The molecule has 1 saturated heterocycles. The van der Waals surface area contributed by atoms with Crippen LogP contribution >= 0.6 is 0 Å². The number of rotatable bonds is 4. The summed E-state index contributed by atoms with van der Waals surface area (Å²) < 4.78 is 0. The van der Waals surface area contributed by atoms with Crippen LogP contribution in [0.5, 0.6) is 0 Å². The van der Waals surface area contributed by atoms with Gasteiger partial charge in [0, 0.05) is 32.7 Å². The van der Waals surface area contributed by atoms with Crippen molar-refractivity contribution in [3.8, 4) is 0 Å². The number of urea groups is 1. The predicted octanol–water partition coefficient (Wildman–Crippen LogP) is 0.444. The average Bonchev–Trinajstić information content (AvgIpc) is 3.08. The molecule has 6 heteroatoms. The quantitative estimate of drug-likeness (QED) is 0.777. The van der Waals surface area contributed by atoms with Crippen LogP contribution in [0.25, 0.3) is 0 Å². The van der Waals surface area contributed by atoms with Gasteiger partial charge in [-0.1, -0.05) is 6.92 Å². The number of hydrogen-bond acceptors (Lipinski definition) is 3. The Bertz CT molecular complexity index is 348. The largest absolute Gasteiger partial charge is 0.480 e. The first-order chi connectivity index (χ1) is 9.06. The summed E-state index contributed by atoms with van der Waals surface area (Å²) in [4.78, 5) is 26.4. The maximum absolute atomic E-state index is 12.0. The number of carbonyl (C=O) groups is 2. The van der Waals surface area contributed by atoms with Gasteiger partial charge in [0.2, 0.25) is 0 Å². The van der Waals surface area contributed by atoms with Gasteiger partial charge in [-0.15, -0.1) is 0 Å². The van der Waals surface area contributed by atoms with E-state index in [2.05, 4.69) is 12.2 Å². The Labute approximate surface area is 113 Å². The first-order valence-corrected chi connectivity index (χ1v) is 7.03. The number of amides is 2. The number of carboxylic acids is 1. The number of carboxylic acid groups (broad SMARTS) is 1. The molecule has 108 valence electrons. The zero-order chi connectivity index (χ0) is 13.8. The molecule has 0 spiro atoms. The molecule has 19 heavy (non-hydrogen) atoms. The molecule has 1 aliphatic carbocycles. The second-order valence-corrected chi connectivity index (χ2v) is 5.67. The lowest BCUT2D eigenvalue weighted by Crippen LogP contribution is -2.43. The van der Waals surface area contributed by atoms with E-state index in [4.69, 9.17) is 5.11 Å². The van der Waals surface area contributed by atoms with Crippen LogP contribution < -0.4 is 5.32 Å². The fourth-order valence-electron chi connectivity index (χ4n) is 2.54. The molecule has 0 aromatic heterocycles. The lowest BCUT2D eigenvalue weighted by Gasteiger charge is -2.21. The van der Waals surface area contributed by atoms with Gasteiger partial charge in [-0.05, 0) is 24.7 Å². The highest BCUT2D eigenvalue weighted by Gasteiger charge is 2.32. The van der Waals surface area contributed by atoms with Crippen LogP contribution in [0.1, 0.15) is 19.8 Å². The summed E-state index contributed by atoms with van der Waals surface area (Å²) in [6.45, 7) is 5.74. The molecule has 2 rings (SSSR count). The highest BCUT2D eigenvalue weighted by molar-refractivity contribution is 5.74.